The van der Waals surface area contributed by atoms with Gasteiger partial charge >= 0.3 is 0 Å². The number of nitrogens with zero attached hydrogens (tertiary/aromatic N) is 5. The van der Waals surface area contributed by atoms with Gasteiger partial charge in [0.1, 0.15) is 6.10 Å². The van der Waals surface area contributed by atoms with Crippen LogP contribution in [0, 0.1) is 11.3 Å². The number of rotatable bonds is 7. The van der Waals surface area contributed by atoms with Crippen molar-refractivity contribution in [1.29, 1.82) is 5.26 Å². The highest BCUT2D eigenvalue weighted by Gasteiger charge is 2.21. The molecule has 3 aromatic heterocycles. The highest BCUT2D eigenvalue weighted by atomic mass is 16.5. The van der Waals surface area contributed by atoms with Crippen molar-refractivity contribution in [1.82, 2.24) is 19.5 Å². The van der Waals surface area contributed by atoms with Crippen molar-refractivity contribution in [2.24, 2.45) is 12.8 Å². The average Bonchev–Trinajstić information content (AvgIpc) is 3.34. The van der Waals surface area contributed by atoms with E-state index in [-0.39, 0.29) is 6.61 Å². The SMILES string of the molecule is Cn1cncc1C(OCc1ccc(C(N)=O)cn1)c1ccc(C#N)c(-c2cccc3cccnc23)c1. The number of para-hydroxylation sites is 1. The number of aromatic nitrogens is 4. The zero-order valence-electron chi connectivity index (χ0n) is 19.5. The number of ether oxygens (including phenoxy) is 1. The van der Waals surface area contributed by atoms with Crippen LogP contribution in [0.15, 0.2) is 85.6 Å². The third-order valence-electron chi connectivity index (χ3n) is 6.02. The molecule has 1 atom stereocenters. The molecule has 0 bridgehead atoms. The van der Waals surface area contributed by atoms with Gasteiger partial charge in [0.2, 0.25) is 5.91 Å². The lowest BCUT2D eigenvalue weighted by molar-refractivity contribution is 0.0601. The Morgan fingerprint density at radius 1 is 1.08 bits per heavy atom. The predicted molar refractivity (Wildman–Crippen MR) is 134 cm³/mol. The lowest BCUT2D eigenvalue weighted by atomic mass is 9.93. The van der Waals surface area contributed by atoms with Gasteiger partial charge in [0.05, 0.1) is 53.2 Å². The summed E-state index contributed by atoms with van der Waals surface area (Å²) in [5.41, 5.74) is 11.0. The van der Waals surface area contributed by atoms with Gasteiger partial charge in [0, 0.05) is 36.0 Å². The number of fused-ring (bicyclic) bond motifs is 1. The van der Waals surface area contributed by atoms with Crippen LogP contribution in [-0.4, -0.2) is 25.4 Å². The maximum atomic E-state index is 11.4. The van der Waals surface area contributed by atoms with Crippen LogP contribution in [0.1, 0.15) is 39.0 Å². The zero-order valence-corrected chi connectivity index (χ0v) is 19.5. The molecule has 5 aromatic rings. The van der Waals surface area contributed by atoms with Crippen LogP contribution in [-0.2, 0) is 18.4 Å². The van der Waals surface area contributed by atoms with Gasteiger partial charge in [-0.3, -0.25) is 14.8 Å². The number of nitriles is 1. The summed E-state index contributed by atoms with van der Waals surface area (Å²) in [4.78, 5) is 24.5. The molecule has 2 N–H and O–H groups in total. The summed E-state index contributed by atoms with van der Waals surface area (Å²) < 4.78 is 8.25. The molecule has 0 aliphatic heterocycles. The van der Waals surface area contributed by atoms with Crippen molar-refractivity contribution in [2.45, 2.75) is 12.7 Å². The Labute approximate surface area is 207 Å². The van der Waals surface area contributed by atoms with Gasteiger partial charge in [-0.15, -0.1) is 0 Å². The van der Waals surface area contributed by atoms with Crippen LogP contribution >= 0.6 is 0 Å². The topological polar surface area (TPSA) is 120 Å². The van der Waals surface area contributed by atoms with Gasteiger partial charge < -0.3 is 15.0 Å². The first-order valence-electron chi connectivity index (χ1n) is 11.3. The van der Waals surface area contributed by atoms with Crippen LogP contribution in [0.4, 0.5) is 0 Å². The first kappa shape index (κ1) is 22.9. The van der Waals surface area contributed by atoms with E-state index in [0.717, 1.165) is 33.3 Å². The Hall–Kier alpha value is -4.87. The van der Waals surface area contributed by atoms with E-state index in [1.807, 2.05) is 54.1 Å². The second kappa shape index (κ2) is 9.78. The maximum absolute atomic E-state index is 11.4. The first-order chi connectivity index (χ1) is 17.5. The fourth-order valence-electron chi connectivity index (χ4n) is 4.16. The van der Waals surface area contributed by atoms with Crippen LogP contribution < -0.4 is 5.73 Å². The van der Waals surface area contributed by atoms with Gasteiger partial charge in [-0.25, -0.2) is 4.98 Å². The van der Waals surface area contributed by atoms with E-state index in [4.69, 9.17) is 10.5 Å². The smallest absolute Gasteiger partial charge is 0.250 e. The number of carbonyl (C=O) groups is 1. The number of imidazole rings is 1. The molecule has 5 rings (SSSR count). The van der Waals surface area contributed by atoms with Crippen molar-refractivity contribution < 1.29 is 9.53 Å². The molecule has 0 saturated heterocycles. The van der Waals surface area contributed by atoms with E-state index in [1.54, 1.807) is 36.9 Å². The van der Waals surface area contributed by atoms with Gasteiger partial charge in [-0.1, -0.05) is 30.3 Å². The van der Waals surface area contributed by atoms with Crippen LogP contribution in [0.25, 0.3) is 22.0 Å². The molecule has 0 fully saturated rings. The van der Waals surface area contributed by atoms with Crippen molar-refractivity contribution in [2.75, 3.05) is 0 Å². The number of pyridine rings is 2. The Kier molecular flexibility index (Phi) is 6.22. The minimum absolute atomic E-state index is 0.194. The standard InChI is InChI=1S/C28H22N6O2/c1-34-17-31-15-25(34)27(36-16-22-10-9-21(14-33-22)28(30)35)19-7-8-20(13-29)24(12-19)23-6-2-4-18-5-3-11-32-26(18)23/h2-12,14-15,17,27H,16H2,1H3,(H2,30,35). The largest absolute Gasteiger partial charge is 0.366 e. The number of carbonyl (C=O) groups excluding carboxylic acids is 1. The Morgan fingerprint density at radius 3 is 2.67 bits per heavy atom. The number of benzene rings is 2. The first-order valence-corrected chi connectivity index (χ1v) is 11.3. The highest BCUT2D eigenvalue weighted by Crippen LogP contribution is 2.34. The van der Waals surface area contributed by atoms with E-state index in [2.05, 4.69) is 21.0 Å². The van der Waals surface area contributed by atoms with Gasteiger partial charge in [0.25, 0.3) is 0 Å². The predicted octanol–water partition coefficient (Wildman–Crippen LogP) is 4.31. The lowest BCUT2D eigenvalue weighted by Crippen LogP contribution is -2.13. The molecule has 1 unspecified atom stereocenters. The van der Waals surface area contributed by atoms with Crippen molar-refractivity contribution in [3.8, 4) is 17.2 Å². The summed E-state index contributed by atoms with van der Waals surface area (Å²) in [6.45, 7) is 0.194. The minimum Gasteiger partial charge on any atom is -0.366 e. The highest BCUT2D eigenvalue weighted by molar-refractivity contribution is 5.95. The summed E-state index contributed by atoms with van der Waals surface area (Å²) >= 11 is 0. The Balaban J connectivity index is 1.56. The molecule has 0 radical (unpaired) electrons. The second-order valence-corrected chi connectivity index (χ2v) is 8.32. The summed E-state index contributed by atoms with van der Waals surface area (Å²) in [7, 11) is 1.90. The molecule has 0 saturated carbocycles. The molecule has 8 nitrogen and oxygen atoms in total. The molecule has 2 aromatic carbocycles. The van der Waals surface area contributed by atoms with Crippen molar-refractivity contribution in [3.05, 3.63) is 114 Å². The molecular weight excluding hydrogens is 452 g/mol. The van der Waals surface area contributed by atoms with E-state index in [0.29, 0.717) is 16.8 Å². The minimum atomic E-state index is -0.532. The van der Waals surface area contributed by atoms with Crippen LogP contribution in [0.3, 0.4) is 0 Å². The molecule has 0 aliphatic rings. The number of hydrogen-bond acceptors (Lipinski definition) is 6. The maximum Gasteiger partial charge on any atom is 0.250 e. The number of aryl methyl sites for hydroxylation is 1. The van der Waals surface area contributed by atoms with Gasteiger partial charge in [-0.05, 0) is 35.9 Å². The average molecular weight is 475 g/mol. The summed E-state index contributed by atoms with van der Waals surface area (Å²) in [6.07, 6.45) is 6.17. The normalized spacial score (nSPS) is 11.8. The third kappa shape index (κ3) is 4.43. The summed E-state index contributed by atoms with van der Waals surface area (Å²) in [6, 6.07) is 21.1. The van der Waals surface area contributed by atoms with Crippen LogP contribution in [0.2, 0.25) is 0 Å². The number of hydrogen-bond donors (Lipinski definition) is 1. The summed E-state index contributed by atoms with van der Waals surface area (Å²) in [5, 5.41) is 10.9. The monoisotopic (exact) mass is 474 g/mol. The molecule has 176 valence electrons. The van der Waals surface area contributed by atoms with Crippen molar-refractivity contribution in [3.63, 3.8) is 0 Å². The number of amides is 1. The van der Waals surface area contributed by atoms with E-state index >= 15 is 0 Å². The molecule has 1 amide bonds. The molecule has 0 spiro atoms. The van der Waals surface area contributed by atoms with Gasteiger partial charge in [-0.2, -0.15) is 5.26 Å². The summed E-state index contributed by atoms with van der Waals surface area (Å²) in [5.74, 6) is -0.532. The molecule has 8 heteroatoms. The molecular formula is C28H22N6O2. The van der Waals surface area contributed by atoms with Gasteiger partial charge in [0.15, 0.2) is 0 Å². The molecule has 36 heavy (non-hydrogen) atoms. The number of primary amides is 1. The zero-order chi connectivity index (χ0) is 25.1. The molecule has 0 aliphatic carbocycles. The van der Waals surface area contributed by atoms with E-state index < -0.39 is 12.0 Å². The van der Waals surface area contributed by atoms with E-state index in [9.17, 15) is 10.1 Å². The van der Waals surface area contributed by atoms with Crippen molar-refractivity contribution >= 4 is 16.8 Å². The second-order valence-electron chi connectivity index (χ2n) is 8.32. The number of nitrogens with two attached hydrogens (primary N) is 1. The lowest BCUT2D eigenvalue weighted by Gasteiger charge is -2.20. The Morgan fingerprint density at radius 2 is 1.94 bits per heavy atom. The van der Waals surface area contributed by atoms with E-state index in [1.165, 1.54) is 6.20 Å². The third-order valence-corrected chi connectivity index (χ3v) is 6.02. The molecule has 3 heterocycles. The Bertz CT molecular complexity index is 1600. The fourth-order valence-corrected chi connectivity index (χ4v) is 4.16. The quantitative estimate of drug-likeness (QED) is 0.375. The van der Waals surface area contributed by atoms with Crippen LogP contribution in [0.5, 0.6) is 0 Å². The fraction of sp³-hybridized carbons (Fsp3) is 0.107.